The van der Waals surface area contributed by atoms with Crippen LogP contribution in [0, 0.1) is 0 Å². The molecule has 0 aliphatic heterocycles. The van der Waals surface area contributed by atoms with Crippen LogP contribution in [0.5, 0.6) is 0 Å². The Labute approximate surface area is 119 Å². The summed E-state index contributed by atoms with van der Waals surface area (Å²) in [7, 11) is 0.343. The highest BCUT2D eigenvalue weighted by Gasteiger charge is 2.12. The van der Waals surface area contributed by atoms with Crippen LogP contribution < -0.4 is 5.73 Å². The molecule has 0 saturated carbocycles. The number of rotatable bonds is 8. The van der Waals surface area contributed by atoms with E-state index in [1.54, 1.807) is 25.3 Å². The number of nitrogen functional groups attached to an aromatic ring is 1. The summed E-state index contributed by atoms with van der Waals surface area (Å²) >= 11 is 0. The molecule has 0 aliphatic carbocycles. The molecule has 2 aromatic rings. The van der Waals surface area contributed by atoms with E-state index in [9.17, 15) is 4.21 Å². The molecule has 0 bridgehead atoms. The summed E-state index contributed by atoms with van der Waals surface area (Å²) in [5.41, 5.74) is 7.45. The summed E-state index contributed by atoms with van der Waals surface area (Å²) in [6, 6.07) is 5.15. The van der Waals surface area contributed by atoms with Crippen molar-refractivity contribution >= 4 is 27.6 Å². The first-order valence-electron chi connectivity index (χ1n) is 6.32. The molecule has 0 amide bonds. The number of ether oxygens (including phenoxy) is 2. The number of nitrogens with two attached hydrogens (primary N) is 1. The van der Waals surface area contributed by atoms with Crippen LogP contribution in [0.4, 0.5) is 5.69 Å². The maximum absolute atomic E-state index is 12.0. The van der Waals surface area contributed by atoms with Crippen LogP contribution in [-0.2, 0) is 20.3 Å². The molecule has 7 heteroatoms. The molecule has 2 rings (SSSR count). The van der Waals surface area contributed by atoms with Crippen molar-refractivity contribution in [3.8, 4) is 0 Å². The summed E-state index contributed by atoms with van der Waals surface area (Å²) in [5, 5.41) is 0.214. The smallest absolute Gasteiger partial charge is 0.288 e. The Balaban J connectivity index is 1.85. The second-order valence-electron chi connectivity index (χ2n) is 4.22. The zero-order valence-electron chi connectivity index (χ0n) is 11.3. The maximum Gasteiger partial charge on any atom is 0.288 e. The van der Waals surface area contributed by atoms with Crippen LogP contribution in [-0.4, -0.2) is 41.9 Å². The van der Waals surface area contributed by atoms with E-state index in [-0.39, 0.29) is 5.22 Å². The van der Waals surface area contributed by atoms with E-state index in [1.807, 2.05) is 0 Å². The molecule has 110 valence electrons. The largest absolute Gasteiger partial charge is 0.430 e. The van der Waals surface area contributed by atoms with Crippen molar-refractivity contribution in [1.29, 1.82) is 0 Å². The van der Waals surface area contributed by atoms with Crippen molar-refractivity contribution < 1.29 is 18.1 Å². The van der Waals surface area contributed by atoms with Crippen LogP contribution in [0.1, 0.15) is 6.42 Å². The Kier molecular flexibility index (Phi) is 5.51. The number of hydrogen-bond acceptors (Lipinski definition) is 6. The highest BCUT2D eigenvalue weighted by atomic mass is 32.2. The van der Waals surface area contributed by atoms with Gasteiger partial charge in [0.25, 0.3) is 5.22 Å². The van der Waals surface area contributed by atoms with Crippen LogP contribution in [0.15, 0.2) is 27.8 Å². The molecule has 1 heterocycles. The van der Waals surface area contributed by atoms with Crippen LogP contribution in [0.3, 0.4) is 0 Å². The summed E-state index contributed by atoms with van der Waals surface area (Å²) in [4.78, 5) is 4.18. The molecule has 6 nitrogen and oxygen atoms in total. The Morgan fingerprint density at radius 1 is 1.35 bits per heavy atom. The topological polar surface area (TPSA) is 87.6 Å². The lowest BCUT2D eigenvalue weighted by Crippen LogP contribution is -2.08. The number of oxazole rings is 1. The van der Waals surface area contributed by atoms with Crippen molar-refractivity contribution in [3.63, 3.8) is 0 Å². The first-order chi connectivity index (χ1) is 9.70. The predicted molar refractivity (Wildman–Crippen MR) is 77.0 cm³/mol. The van der Waals surface area contributed by atoms with E-state index >= 15 is 0 Å². The van der Waals surface area contributed by atoms with E-state index in [0.29, 0.717) is 42.4 Å². The monoisotopic (exact) mass is 298 g/mol. The van der Waals surface area contributed by atoms with Crippen LogP contribution in [0.2, 0.25) is 0 Å². The SMILES string of the molecule is COCCCOCCS(=O)c1nc2ccc(N)cc2o1. The molecule has 0 saturated heterocycles. The van der Waals surface area contributed by atoms with Gasteiger partial charge in [-0.3, -0.25) is 0 Å². The van der Waals surface area contributed by atoms with E-state index < -0.39 is 10.8 Å². The van der Waals surface area contributed by atoms with Crippen molar-refractivity contribution in [2.45, 2.75) is 11.6 Å². The second kappa shape index (κ2) is 7.37. The number of aromatic nitrogens is 1. The molecule has 0 aliphatic rings. The standard InChI is InChI=1S/C13H18N2O4S/c1-17-5-2-6-18-7-8-20(16)13-15-11-4-3-10(14)9-12(11)19-13/h3-4,9H,2,5-8,14H2,1H3. The number of anilines is 1. The van der Waals surface area contributed by atoms with Crippen molar-refractivity contribution in [2.75, 3.05) is 38.4 Å². The first kappa shape index (κ1) is 15.0. The molecule has 1 atom stereocenters. The summed E-state index contributed by atoms with van der Waals surface area (Å²) < 4.78 is 27.7. The van der Waals surface area contributed by atoms with Gasteiger partial charge in [0.05, 0.1) is 12.4 Å². The van der Waals surface area contributed by atoms with Gasteiger partial charge in [-0.25, -0.2) is 9.19 Å². The van der Waals surface area contributed by atoms with E-state index in [0.717, 1.165) is 6.42 Å². The van der Waals surface area contributed by atoms with Gasteiger partial charge in [0, 0.05) is 32.1 Å². The van der Waals surface area contributed by atoms with Gasteiger partial charge < -0.3 is 19.6 Å². The second-order valence-corrected chi connectivity index (χ2v) is 5.66. The summed E-state index contributed by atoms with van der Waals surface area (Å²) in [5.74, 6) is 0.356. The van der Waals surface area contributed by atoms with Gasteiger partial charge in [-0.15, -0.1) is 0 Å². The normalized spacial score (nSPS) is 12.8. The molecule has 2 N–H and O–H groups in total. The van der Waals surface area contributed by atoms with Gasteiger partial charge in [0.1, 0.15) is 16.3 Å². The fourth-order valence-electron chi connectivity index (χ4n) is 1.65. The average Bonchev–Trinajstić information content (AvgIpc) is 2.85. The zero-order valence-corrected chi connectivity index (χ0v) is 12.1. The minimum Gasteiger partial charge on any atom is -0.430 e. The predicted octanol–water partition coefficient (Wildman–Crippen LogP) is 1.57. The third kappa shape index (κ3) is 4.03. The summed E-state index contributed by atoms with van der Waals surface area (Å²) in [6.45, 7) is 1.65. The van der Waals surface area contributed by atoms with Gasteiger partial charge in [-0.05, 0) is 18.6 Å². The van der Waals surface area contributed by atoms with E-state index in [1.165, 1.54) is 0 Å². The molecule has 0 radical (unpaired) electrons. The van der Waals surface area contributed by atoms with Gasteiger partial charge in [0.15, 0.2) is 5.58 Å². The summed E-state index contributed by atoms with van der Waals surface area (Å²) in [6.07, 6.45) is 0.825. The Morgan fingerprint density at radius 3 is 3.00 bits per heavy atom. The molecule has 1 unspecified atom stereocenters. The first-order valence-corrected chi connectivity index (χ1v) is 7.63. The fraction of sp³-hybridized carbons (Fsp3) is 0.462. The van der Waals surface area contributed by atoms with Gasteiger partial charge >= 0.3 is 0 Å². The maximum atomic E-state index is 12.0. The lowest BCUT2D eigenvalue weighted by Gasteiger charge is -2.02. The molecule has 1 aromatic heterocycles. The quantitative estimate of drug-likeness (QED) is 0.588. The highest BCUT2D eigenvalue weighted by molar-refractivity contribution is 7.84. The minimum absolute atomic E-state index is 0.214. The third-order valence-corrected chi connectivity index (χ3v) is 3.74. The van der Waals surface area contributed by atoms with E-state index in [4.69, 9.17) is 19.6 Å². The number of hydrogen-bond donors (Lipinski definition) is 1. The molecule has 0 spiro atoms. The fourth-order valence-corrected chi connectivity index (χ4v) is 2.47. The third-order valence-electron chi connectivity index (χ3n) is 2.64. The number of nitrogens with zero attached hydrogens (tertiary/aromatic N) is 1. The zero-order chi connectivity index (χ0) is 14.4. The molecule has 20 heavy (non-hydrogen) atoms. The van der Waals surface area contributed by atoms with Crippen LogP contribution in [0.25, 0.3) is 11.1 Å². The Hall–Kier alpha value is -1.44. The molecule has 0 fully saturated rings. The lowest BCUT2D eigenvalue weighted by molar-refractivity contribution is 0.112. The van der Waals surface area contributed by atoms with E-state index in [2.05, 4.69) is 4.98 Å². The molecular weight excluding hydrogens is 280 g/mol. The van der Waals surface area contributed by atoms with Crippen molar-refractivity contribution in [2.24, 2.45) is 0 Å². The van der Waals surface area contributed by atoms with Gasteiger partial charge in [-0.1, -0.05) is 0 Å². The van der Waals surface area contributed by atoms with Crippen molar-refractivity contribution in [3.05, 3.63) is 18.2 Å². The highest BCUT2D eigenvalue weighted by Crippen LogP contribution is 2.20. The van der Waals surface area contributed by atoms with Crippen LogP contribution >= 0.6 is 0 Å². The number of fused-ring (bicyclic) bond motifs is 1. The van der Waals surface area contributed by atoms with Gasteiger partial charge in [-0.2, -0.15) is 0 Å². The van der Waals surface area contributed by atoms with Gasteiger partial charge in [0.2, 0.25) is 0 Å². The Bertz CT molecular complexity index is 585. The molecular formula is C13H18N2O4S. The number of benzene rings is 1. The number of methoxy groups -OCH3 is 1. The Morgan fingerprint density at radius 2 is 2.20 bits per heavy atom. The lowest BCUT2D eigenvalue weighted by atomic mass is 10.3. The average molecular weight is 298 g/mol. The molecule has 1 aromatic carbocycles. The van der Waals surface area contributed by atoms with Crippen molar-refractivity contribution in [1.82, 2.24) is 4.98 Å². The minimum atomic E-state index is -1.30.